The molecule has 0 aromatic rings. The minimum Gasteiger partial charge on any atom is -0.452 e. The molecular weight excluding hydrogens is 222 g/mol. The number of thioether (sulfide) groups is 2. The maximum absolute atomic E-state index is 11.4. The highest BCUT2D eigenvalue weighted by molar-refractivity contribution is 8.07. The Morgan fingerprint density at radius 2 is 2.21 bits per heavy atom. The lowest BCUT2D eigenvalue weighted by molar-refractivity contribution is -0.152. The predicted molar refractivity (Wildman–Crippen MR) is 58.3 cm³/mol. The SMILES string of the molecule is C[C@@H](OC(=O)[C@H]1CSCCS1)C(N)=O. The van der Waals surface area contributed by atoms with Crippen LogP contribution in [-0.2, 0) is 14.3 Å². The normalized spacial score (nSPS) is 23.9. The van der Waals surface area contributed by atoms with Gasteiger partial charge in [0.05, 0.1) is 0 Å². The largest absolute Gasteiger partial charge is 0.452 e. The highest BCUT2D eigenvalue weighted by atomic mass is 32.2. The highest BCUT2D eigenvalue weighted by Crippen LogP contribution is 2.25. The number of hydrogen-bond donors (Lipinski definition) is 1. The molecule has 4 nitrogen and oxygen atoms in total. The molecule has 2 atom stereocenters. The summed E-state index contributed by atoms with van der Waals surface area (Å²) >= 11 is 3.31. The van der Waals surface area contributed by atoms with Gasteiger partial charge in [-0.15, -0.1) is 11.8 Å². The van der Waals surface area contributed by atoms with Crippen LogP contribution >= 0.6 is 23.5 Å². The van der Waals surface area contributed by atoms with E-state index in [1.165, 1.54) is 6.92 Å². The van der Waals surface area contributed by atoms with Gasteiger partial charge in [0, 0.05) is 17.3 Å². The highest BCUT2D eigenvalue weighted by Gasteiger charge is 2.26. The van der Waals surface area contributed by atoms with E-state index < -0.39 is 12.0 Å². The van der Waals surface area contributed by atoms with Crippen molar-refractivity contribution in [3.8, 4) is 0 Å². The Morgan fingerprint density at radius 3 is 2.71 bits per heavy atom. The summed E-state index contributed by atoms with van der Waals surface area (Å²) in [5, 5.41) is -0.143. The lowest BCUT2D eigenvalue weighted by atomic mass is 10.4. The maximum Gasteiger partial charge on any atom is 0.320 e. The molecule has 0 unspecified atom stereocenters. The van der Waals surface area contributed by atoms with Crippen LogP contribution in [0.3, 0.4) is 0 Å². The van der Waals surface area contributed by atoms with Crippen molar-refractivity contribution in [2.45, 2.75) is 18.3 Å². The average molecular weight is 235 g/mol. The summed E-state index contributed by atoms with van der Waals surface area (Å²) in [6.45, 7) is 1.49. The van der Waals surface area contributed by atoms with Gasteiger partial charge in [-0.05, 0) is 6.92 Å². The van der Waals surface area contributed by atoms with Gasteiger partial charge >= 0.3 is 5.97 Å². The topological polar surface area (TPSA) is 69.4 Å². The Labute approximate surface area is 91.3 Å². The van der Waals surface area contributed by atoms with E-state index >= 15 is 0 Å². The number of hydrogen-bond acceptors (Lipinski definition) is 5. The van der Waals surface area contributed by atoms with Crippen LogP contribution in [0, 0.1) is 0 Å². The third kappa shape index (κ3) is 3.42. The van der Waals surface area contributed by atoms with E-state index in [0.29, 0.717) is 0 Å². The molecule has 1 fully saturated rings. The number of nitrogens with two attached hydrogens (primary N) is 1. The van der Waals surface area contributed by atoms with Gasteiger partial charge in [0.15, 0.2) is 6.10 Å². The molecule has 0 saturated carbocycles. The molecule has 2 N–H and O–H groups in total. The van der Waals surface area contributed by atoms with Gasteiger partial charge < -0.3 is 10.5 Å². The Hall–Kier alpha value is -0.360. The smallest absolute Gasteiger partial charge is 0.320 e. The first-order chi connectivity index (χ1) is 6.61. The van der Waals surface area contributed by atoms with Crippen molar-refractivity contribution in [1.29, 1.82) is 0 Å². The summed E-state index contributed by atoms with van der Waals surface area (Å²) in [6, 6.07) is 0. The van der Waals surface area contributed by atoms with Crippen LogP contribution in [0.5, 0.6) is 0 Å². The third-order valence-electron chi connectivity index (χ3n) is 1.77. The van der Waals surface area contributed by atoms with Crippen molar-refractivity contribution in [2.75, 3.05) is 17.3 Å². The fourth-order valence-corrected chi connectivity index (χ4v) is 3.45. The monoisotopic (exact) mass is 235 g/mol. The van der Waals surface area contributed by atoms with Crippen LogP contribution in [-0.4, -0.2) is 40.5 Å². The van der Waals surface area contributed by atoms with Gasteiger partial charge in [0.2, 0.25) is 0 Å². The van der Waals surface area contributed by atoms with Gasteiger partial charge in [-0.2, -0.15) is 11.8 Å². The number of esters is 1. The number of carbonyl (C=O) groups excluding carboxylic acids is 2. The van der Waals surface area contributed by atoms with Crippen molar-refractivity contribution < 1.29 is 14.3 Å². The molecule has 1 saturated heterocycles. The first kappa shape index (κ1) is 11.7. The van der Waals surface area contributed by atoms with Crippen molar-refractivity contribution in [1.82, 2.24) is 0 Å². The van der Waals surface area contributed by atoms with Gasteiger partial charge in [0.1, 0.15) is 5.25 Å². The van der Waals surface area contributed by atoms with Crippen LogP contribution in [0.2, 0.25) is 0 Å². The minimum atomic E-state index is -0.824. The Kier molecular flexibility index (Phi) is 4.60. The molecule has 0 radical (unpaired) electrons. The van der Waals surface area contributed by atoms with E-state index in [4.69, 9.17) is 10.5 Å². The van der Waals surface area contributed by atoms with Crippen LogP contribution < -0.4 is 5.73 Å². The zero-order valence-electron chi connectivity index (χ0n) is 7.89. The number of primary amides is 1. The summed E-state index contributed by atoms with van der Waals surface area (Å²) in [5.74, 6) is 1.85. The third-order valence-corrected chi connectivity index (χ3v) is 4.50. The Bertz CT molecular complexity index is 229. The number of carbonyl (C=O) groups is 2. The maximum atomic E-state index is 11.4. The van der Waals surface area contributed by atoms with Gasteiger partial charge in [-0.3, -0.25) is 9.59 Å². The lowest BCUT2D eigenvalue weighted by Gasteiger charge is -2.20. The molecule has 0 aromatic carbocycles. The molecule has 1 heterocycles. The summed E-state index contributed by atoms with van der Waals surface area (Å²) < 4.78 is 4.90. The first-order valence-electron chi connectivity index (χ1n) is 4.30. The fraction of sp³-hybridized carbons (Fsp3) is 0.750. The van der Waals surface area contributed by atoms with Crippen LogP contribution in [0.1, 0.15) is 6.92 Å². The Morgan fingerprint density at radius 1 is 1.50 bits per heavy atom. The van der Waals surface area contributed by atoms with E-state index in [9.17, 15) is 9.59 Å². The second kappa shape index (κ2) is 5.50. The van der Waals surface area contributed by atoms with E-state index in [1.807, 2.05) is 0 Å². The first-order valence-corrected chi connectivity index (χ1v) is 6.50. The molecule has 1 aliphatic heterocycles. The molecular formula is C8H13NO3S2. The number of ether oxygens (including phenoxy) is 1. The van der Waals surface area contributed by atoms with Gasteiger partial charge in [-0.1, -0.05) is 0 Å². The second-order valence-corrected chi connectivity index (χ2v) is 5.38. The zero-order valence-corrected chi connectivity index (χ0v) is 9.53. The molecule has 0 aromatic heterocycles. The van der Waals surface area contributed by atoms with Crippen molar-refractivity contribution in [2.24, 2.45) is 5.73 Å². The molecule has 0 bridgehead atoms. The molecule has 6 heteroatoms. The van der Waals surface area contributed by atoms with Gasteiger partial charge in [-0.25, -0.2) is 0 Å². The minimum absolute atomic E-state index is 0.143. The molecule has 1 aliphatic rings. The van der Waals surface area contributed by atoms with E-state index in [-0.39, 0.29) is 11.2 Å². The van der Waals surface area contributed by atoms with E-state index in [2.05, 4.69) is 0 Å². The molecule has 1 rings (SSSR count). The van der Waals surface area contributed by atoms with Crippen LogP contribution in [0.4, 0.5) is 0 Å². The standard InChI is InChI=1S/C8H13NO3S2/c1-5(7(9)10)12-8(11)6-4-13-2-3-14-6/h5-6H,2-4H2,1H3,(H2,9,10)/t5-,6-/m1/s1. The quantitative estimate of drug-likeness (QED) is 0.710. The summed E-state index contributed by atoms with van der Waals surface area (Å²) in [5.41, 5.74) is 4.99. The molecule has 0 aliphatic carbocycles. The molecule has 80 valence electrons. The second-order valence-electron chi connectivity index (χ2n) is 2.92. The van der Waals surface area contributed by atoms with Crippen molar-refractivity contribution >= 4 is 35.4 Å². The average Bonchev–Trinajstić information content (AvgIpc) is 2.19. The van der Waals surface area contributed by atoms with Crippen molar-refractivity contribution in [3.63, 3.8) is 0 Å². The lowest BCUT2D eigenvalue weighted by Crippen LogP contribution is -2.35. The van der Waals surface area contributed by atoms with E-state index in [1.54, 1.807) is 23.5 Å². The van der Waals surface area contributed by atoms with Crippen molar-refractivity contribution in [3.05, 3.63) is 0 Å². The molecule has 0 spiro atoms. The van der Waals surface area contributed by atoms with E-state index in [0.717, 1.165) is 17.3 Å². The van der Waals surface area contributed by atoms with Gasteiger partial charge in [0.25, 0.3) is 5.91 Å². The summed E-state index contributed by atoms with van der Waals surface area (Å²) in [7, 11) is 0. The number of rotatable bonds is 3. The predicted octanol–water partition coefficient (Wildman–Crippen LogP) is 0.252. The van der Waals surface area contributed by atoms with Crippen LogP contribution in [0.15, 0.2) is 0 Å². The number of amides is 1. The summed E-state index contributed by atoms with van der Waals surface area (Å²) in [4.78, 5) is 22.1. The Balaban J connectivity index is 2.36. The summed E-state index contributed by atoms with van der Waals surface area (Å²) in [6.07, 6.45) is -0.824. The van der Waals surface area contributed by atoms with Crippen LogP contribution in [0.25, 0.3) is 0 Å². The molecule has 14 heavy (non-hydrogen) atoms. The fourth-order valence-electron chi connectivity index (χ4n) is 0.932. The molecule has 1 amide bonds. The zero-order chi connectivity index (χ0) is 10.6.